The summed E-state index contributed by atoms with van der Waals surface area (Å²) in [6, 6.07) is 7.58. The van der Waals surface area contributed by atoms with Crippen molar-refractivity contribution in [3.63, 3.8) is 0 Å². The molecule has 1 aromatic carbocycles. The number of nitrogens with one attached hydrogen (secondary N) is 1. The molecule has 0 spiro atoms. The molecule has 4 heteroatoms. The summed E-state index contributed by atoms with van der Waals surface area (Å²) >= 11 is 0. The van der Waals surface area contributed by atoms with Crippen molar-refractivity contribution in [2.75, 3.05) is 12.3 Å². The molecule has 0 amide bonds. The van der Waals surface area contributed by atoms with Crippen molar-refractivity contribution in [1.82, 2.24) is 5.32 Å². The van der Waals surface area contributed by atoms with Crippen LogP contribution in [0.2, 0.25) is 0 Å². The van der Waals surface area contributed by atoms with E-state index in [9.17, 15) is 8.42 Å². The molecular weight excluding hydrogens is 270 g/mol. The van der Waals surface area contributed by atoms with E-state index in [0.29, 0.717) is 10.9 Å². The SMILES string of the molecule is CCCNC(C)CCCCS(=O)(=O)c1ccc(C)cc1. The quantitative estimate of drug-likeness (QED) is 0.711. The third-order valence-electron chi connectivity index (χ3n) is 3.42. The lowest BCUT2D eigenvalue weighted by atomic mass is 10.1. The van der Waals surface area contributed by atoms with Crippen molar-refractivity contribution < 1.29 is 8.42 Å². The standard InChI is InChI=1S/C16H27NO2S/c1-4-12-17-15(3)7-5-6-13-20(18,19)16-10-8-14(2)9-11-16/h8-11,15,17H,4-7,12-13H2,1-3H3. The first-order valence-electron chi connectivity index (χ1n) is 7.48. The van der Waals surface area contributed by atoms with Gasteiger partial charge >= 0.3 is 0 Å². The highest BCUT2D eigenvalue weighted by molar-refractivity contribution is 7.91. The van der Waals surface area contributed by atoms with Crippen LogP contribution in [0.15, 0.2) is 29.2 Å². The Balaban J connectivity index is 2.35. The molecule has 0 radical (unpaired) electrons. The molecule has 1 atom stereocenters. The van der Waals surface area contributed by atoms with Gasteiger partial charge < -0.3 is 5.32 Å². The molecule has 0 aliphatic rings. The number of benzene rings is 1. The van der Waals surface area contributed by atoms with Crippen molar-refractivity contribution in [1.29, 1.82) is 0 Å². The largest absolute Gasteiger partial charge is 0.314 e. The van der Waals surface area contributed by atoms with Crippen LogP contribution in [0.3, 0.4) is 0 Å². The van der Waals surface area contributed by atoms with Gasteiger partial charge in [0.15, 0.2) is 9.84 Å². The van der Waals surface area contributed by atoms with E-state index in [1.54, 1.807) is 12.1 Å². The van der Waals surface area contributed by atoms with Crippen LogP contribution in [0.5, 0.6) is 0 Å². The number of unbranched alkanes of at least 4 members (excludes halogenated alkanes) is 1. The smallest absolute Gasteiger partial charge is 0.178 e. The highest BCUT2D eigenvalue weighted by Crippen LogP contribution is 2.14. The maximum Gasteiger partial charge on any atom is 0.178 e. The maximum atomic E-state index is 12.1. The highest BCUT2D eigenvalue weighted by Gasteiger charge is 2.13. The van der Waals surface area contributed by atoms with Gasteiger partial charge in [0.05, 0.1) is 10.6 Å². The lowest BCUT2D eigenvalue weighted by Gasteiger charge is -2.12. The molecule has 0 saturated heterocycles. The van der Waals surface area contributed by atoms with Crippen molar-refractivity contribution in [2.45, 2.75) is 57.4 Å². The van der Waals surface area contributed by atoms with Crippen LogP contribution in [0.1, 0.15) is 45.1 Å². The number of hydrogen-bond acceptors (Lipinski definition) is 3. The fourth-order valence-corrected chi connectivity index (χ4v) is 3.47. The lowest BCUT2D eigenvalue weighted by Crippen LogP contribution is -2.26. The van der Waals surface area contributed by atoms with Gasteiger partial charge in [-0.25, -0.2) is 8.42 Å². The third-order valence-corrected chi connectivity index (χ3v) is 5.24. The summed E-state index contributed by atoms with van der Waals surface area (Å²) < 4.78 is 24.3. The van der Waals surface area contributed by atoms with Crippen molar-refractivity contribution in [3.05, 3.63) is 29.8 Å². The summed E-state index contributed by atoms with van der Waals surface area (Å²) in [7, 11) is -3.11. The van der Waals surface area contributed by atoms with Crippen molar-refractivity contribution in [2.24, 2.45) is 0 Å². The van der Waals surface area contributed by atoms with Crippen LogP contribution in [0.25, 0.3) is 0 Å². The topological polar surface area (TPSA) is 46.2 Å². The van der Waals surface area contributed by atoms with Gasteiger partial charge in [0.2, 0.25) is 0 Å². The minimum atomic E-state index is -3.11. The molecule has 3 nitrogen and oxygen atoms in total. The average molecular weight is 297 g/mol. The van der Waals surface area contributed by atoms with E-state index >= 15 is 0 Å². The van der Waals surface area contributed by atoms with Crippen LogP contribution in [-0.4, -0.2) is 26.8 Å². The molecule has 20 heavy (non-hydrogen) atoms. The first-order valence-corrected chi connectivity index (χ1v) is 9.13. The van der Waals surface area contributed by atoms with Gasteiger partial charge in [-0.2, -0.15) is 0 Å². The Morgan fingerprint density at radius 3 is 2.40 bits per heavy atom. The summed E-state index contributed by atoms with van der Waals surface area (Å²) in [5.41, 5.74) is 1.08. The zero-order chi connectivity index (χ0) is 15.0. The number of rotatable bonds is 9. The van der Waals surface area contributed by atoms with Crippen LogP contribution in [-0.2, 0) is 9.84 Å². The molecule has 0 aliphatic heterocycles. The first-order chi connectivity index (χ1) is 9.45. The second kappa shape index (κ2) is 8.42. The molecule has 0 heterocycles. The Morgan fingerprint density at radius 2 is 1.80 bits per heavy atom. The van der Waals surface area contributed by atoms with Crippen molar-refractivity contribution in [3.8, 4) is 0 Å². The van der Waals surface area contributed by atoms with Gasteiger partial charge in [0.25, 0.3) is 0 Å². The Morgan fingerprint density at radius 1 is 1.15 bits per heavy atom. The minimum Gasteiger partial charge on any atom is -0.314 e. The van der Waals surface area contributed by atoms with Crippen LogP contribution < -0.4 is 5.32 Å². The fourth-order valence-electron chi connectivity index (χ4n) is 2.10. The molecule has 0 fully saturated rings. The average Bonchev–Trinajstić information content (AvgIpc) is 2.42. The summed E-state index contributed by atoms with van der Waals surface area (Å²) in [5, 5.41) is 3.42. The molecule has 1 unspecified atom stereocenters. The summed E-state index contributed by atoms with van der Waals surface area (Å²) in [6.07, 6.45) is 3.84. The second-order valence-corrected chi connectivity index (χ2v) is 7.59. The van der Waals surface area contributed by atoms with E-state index in [1.165, 1.54) is 0 Å². The Bertz CT molecular complexity index is 480. The van der Waals surface area contributed by atoms with E-state index in [1.807, 2.05) is 19.1 Å². The highest BCUT2D eigenvalue weighted by atomic mass is 32.2. The number of aryl methyl sites for hydroxylation is 1. The summed E-state index contributed by atoms with van der Waals surface area (Å²) in [5.74, 6) is 0.247. The monoisotopic (exact) mass is 297 g/mol. The van der Waals surface area contributed by atoms with Gasteiger partial charge in [0.1, 0.15) is 0 Å². The molecular formula is C16H27NO2S. The van der Waals surface area contributed by atoms with Gasteiger partial charge in [-0.1, -0.05) is 31.0 Å². The molecule has 0 aliphatic carbocycles. The maximum absolute atomic E-state index is 12.1. The molecule has 1 aromatic rings. The summed E-state index contributed by atoms with van der Waals surface area (Å²) in [4.78, 5) is 0.445. The Hall–Kier alpha value is -0.870. The predicted octanol–water partition coefficient (Wildman–Crippen LogP) is 3.33. The third kappa shape index (κ3) is 6.06. The van der Waals surface area contributed by atoms with Crippen LogP contribution in [0, 0.1) is 6.92 Å². The van der Waals surface area contributed by atoms with Gasteiger partial charge in [-0.05, 0) is 51.8 Å². The molecule has 0 bridgehead atoms. The summed E-state index contributed by atoms with van der Waals surface area (Å²) in [6.45, 7) is 7.29. The predicted molar refractivity (Wildman–Crippen MR) is 84.8 cm³/mol. The van der Waals surface area contributed by atoms with Crippen LogP contribution in [0.4, 0.5) is 0 Å². The van der Waals surface area contributed by atoms with E-state index in [-0.39, 0.29) is 5.75 Å². The van der Waals surface area contributed by atoms with E-state index in [0.717, 1.165) is 37.8 Å². The lowest BCUT2D eigenvalue weighted by molar-refractivity contribution is 0.494. The fraction of sp³-hybridized carbons (Fsp3) is 0.625. The van der Waals surface area contributed by atoms with Crippen molar-refractivity contribution >= 4 is 9.84 Å². The van der Waals surface area contributed by atoms with E-state index in [2.05, 4.69) is 19.2 Å². The van der Waals surface area contributed by atoms with Gasteiger partial charge in [-0.3, -0.25) is 0 Å². The van der Waals surface area contributed by atoms with E-state index < -0.39 is 9.84 Å². The Labute approximate surface area is 123 Å². The molecule has 0 saturated carbocycles. The van der Waals surface area contributed by atoms with Gasteiger partial charge in [-0.15, -0.1) is 0 Å². The minimum absolute atomic E-state index is 0.247. The molecule has 1 rings (SSSR count). The van der Waals surface area contributed by atoms with Crippen LogP contribution >= 0.6 is 0 Å². The normalized spacial score (nSPS) is 13.3. The van der Waals surface area contributed by atoms with Gasteiger partial charge in [0, 0.05) is 6.04 Å². The number of hydrogen-bond donors (Lipinski definition) is 1. The molecule has 0 aromatic heterocycles. The van der Waals surface area contributed by atoms with E-state index in [4.69, 9.17) is 0 Å². The zero-order valence-electron chi connectivity index (χ0n) is 12.9. The second-order valence-electron chi connectivity index (χ2n) is 5.48. The Kier molecular flexibility index (Phi) is 7.24. The first kappa shape index (κ1) is 17.2. The molecule has 114 valence electrons. The number of sulfone groups is 1. The zero-order valence-corrected chi connectivity index (χ0v) is 13.7. The molecule has 1 N–H and O–H groups in total.